The van der Waals surface area contributed by atoms with Gasteiger partial charge in [-0.1, -0.05) is 31.9 Å². The monoisotopic (exact) mass is 204 g/mol. The van der Waals surface area contributed by atoms with Crippen LogP contribution in [0, 0.1) is 30.5 Å². The van der Waals surface area contributed by atoms with Gasteiger partial charge in [-0.05, 0) is 37.0 Å². The molecule has 0 spiro atoms. The predicted octanol–water partition coefficient (Wildman–Crippen LogP) is 3.90. The summed E-state index contributed by atoms with van der Waals surface area (Å²) in [7, 11) is 0. The summed E-state index contributed by atoms with van der Waals surface area (Å²) in [5.41, 5.74) is 1.72. The molecular formula is C14H17F. The Hall–Kier alpha value is -1.29. The molecular weight excluding hydrogens is 187 g/mol. The summed E-state index contributed by atoms with van der Waals surface area (Å²) >= 11 is 0. The van der Waals surface area contributed by atoms with E-state index in [4.69, 9.17) is 0 Å². The highest BCUT2D eigenvalue weighted by Crippen LogP contribution is 2.26. The van der Waals surface area contributed by atoms with E-state index in [1.54, 1.807) is 6.07 Å². The van der Waals surface area contributed by atoms with Gasteiger partial charge in [0.2, 0.25) is 0 Å². The largest absolute Gasteiger partial charge is 0.207 e. The van der Waals surface area contributed by atoms with E-state index in [1.807, 2.05) is 39.8 Å². The molecule has 1 rings (SSSR count). The molecule has 0 amide bonds. The maximum atomic E-state index is 13.7. The zero-order valence-electron chi connectivity index (χ0n) is 9.76. The lowest BCUT2D eigenvalue weighted by Gasteiger charge is -2.16. The third kappa shape index (κ3) is 2.83. The molecule has 0 aliphatic rings. The molecule has 0 N–H and O–H groups in total. The fourth-order valence-electron chi connectivity index (χ4n) is 1.62. The van der Waals surface area contributed by atoms with Crippen LogP contribution in [0.2, 0.25) is 0 Å². The van der Waals surface area contributed by atoms with Gasteiger partial charge in [-0.2, -0.15) is 0 Å². The minimum absolute atomic E-state index is 0.118. The summed E-state index contributed by atoms with van der Waals surface area (Å²) in [6, 6.07) is 5.39. The van der Waals surface area contributed by atoms with Crippen molar-refractivity contribution in [1.82, 2.24) is 0 Å². The lowest BCUT2D eigenvalue weighted by Crippen LogP contribution is -2.06. The summed E-state index contributed by atoms with van der Waals surface area (Å²) in [5.74, 6) is 6.15. The highest BCUT2D eigenvalue weighted by atomic mass is 19.1. The van der Waals surface area contributed by atoms with Crippen molar-refractivity contribution < 1.29 is 4.39 Å². The molecule has 0 aliphatic carbocycles. The van der Waals surface area contributed by atoms with Crippen LogP contribution in [0.25, 0.3) is 0 Å². The van der Waals surface area contributed by atoms with Crippen LogP contribution in [0.4, 0.5) is 4.39 Å². The van der Waals surface area contributed by atoms with Crippen LogP contribution < -0.4 is 0 Å². The minimum atomic E-state index is -0.118. The second-order valence-electron chi connectivity index (χ2n) is 4.00. The van der Waals surface area contributed by atoms with E-state index >= 15 is 0 Å². The van der Waals surface area contributed by atoms with Crippen LogP contribution in [-0.4, -0.2) is 0 Å². The molecule has 0 aliphatic heterocycles. The molecule has 0 aromatic heterocycles. The van der Waals surface area contributed by atoms with Crippen LogP contribution in [0.15, 0.2) is 18.2 Å². The Kier molecular flexibility index (Phi) is 3.91. The van der Waals surface area contributed by atoms with Crippen LogP contribution in [0.3, 0.4) is 0 Å². The molecule has 1 heteroatoms. The number of hydrogen-bond donors (Lipinski definition) is 0. The van der Waals surface area contributed by atoms with E-state index in [0.717, 1.165) is 11.1 Å². The minimum Gasteiger partial charge on any atom is -0.207 e. The van der Waals surface area contributed by atoms with Crippen molar-refractivity contribution >= 4 is 0 Å². The van der Waals surface area contributed by atoms with Gasteiger partial charge in [-0.3, -0.25) is 0 Å². The van der Waals surface area contributed by atoms with Crippen molar-refractivity contribution in [3.63, 3.8) is 0 Å². The van der Waals surface area contributed by atoms with Gasteiger partial charge in [0.25, 0.3) is 0 Å². The van der Waals surface area contributed by atoms with Gasteiger partial charge in [-0.25, -0.2) is 4.39 Å². The first-order valence-electron chi connectivity index (χ1n) is 5.24. The summed E-state index contributed by atoms with van der Waals surface area (Å²) in [4.78, 5) is 0. The molecule has 2 atom stereocenters. The third-order valence-electron chi connectivity index (χ3n) is 2.77. The number of aryl methyl sites for hydroxylation is 1. The number of hydrogen-bond acceptors (Lipinski definition) is 0. The smallest absolute Gasteiger partial charge is 0.126 e. The van der Waals surface area contributed by atoms with E-state index in [1.165, 1.54) is 0 Å². The number of benzene rings is 1. The summed E-state index contributed by atoms with van der Waals surface area (Å²) in [5, 5.41) is 0. The fourth-order valence-corrected chi connectivity index (χ4v) is 1.62. The van der Waals surface area contributed by atoms with Crippen molar-refractivity contribution in [2.24, 2.45) is 5.92 Å². The van der Waals surface area contributed by atoms with E-state index in [9.17, 15) is 4.39 Å². The molecule has 1 aromatic rings. The Morgan fingerprint density at radius 2 is 1.93 bits per heavy atom. The van der Waals surface area contributed by atoms with Crippen molar-refractivity contribution in [1.29, 1.82) is 0 Å². The van der Waals surface area contributed by atoms with Crippen LogP contribution >= 0.6 is 0 Å². The van der Waals surface area contributed by atoms with Crippen molar-refractivity contribution in [3.8, 4) is 11.8 Å². The van der Waals surface area contributed by atoms with Gasteiger partial charge in [-0.15, -0.1) is 5.92 Å². The van der Waals surface area contributed by atoms with Gasteiger partial charge in [0.05, 0.1) is 0 Å². The molecule has 0 fully saturated rings. The maximum absolute atomic E-state index is 13.7. The molecule has 2 unspecified atom stereocenters. The van der Waals surface area contributed by atoms with Gasteiger partial charge in [0.1, 0.15) is 5.82 Å². The van der Waals surface area contributed by atoms with E-state index in [0.29, 0.717) is 0 Å². The van der Waals surface area contributed by atoms with Crippen molar-refractivity contribution in [3.05, 3.63) is 35.1 Å². The quantitative estimate of drug-likeness (QED) is 0.641. The Labute approximate surface area is 91.5 Å². The zero-order valence-corrected chi connectivity index (χ0v) is 9.76. The zero-order chi connectivity index (χ0) is 11.4. The second-order valence-corrected chi connectivity index (χ2v) is 4.00. The lowest BCUT2D eigenvalue weighted by atomic mass is 9.88. The summed E-state index contributed by atoms with van der Waals surface area (Å²) in [6.07, 6.45) is 0. The average molecular weight is 204 g/mol. The molecule has 80 valence electrons. The molecule has 1 aromatic carbocycles. The first-order valence-corrected chi connectivity index (χ1v) is 5.24. The van der Waals surface area contributed by atoms with Gasteiger partial charge >= 0.3 is 0 Å². The van der Waals surface area contributed by atoms with E-state index < -0.39 is 0 Å². The Bertz CT molecular complexity index is 396. The SMILES string of the molecule is CC#CC(C)C(C)c1ccc(C)cc1F. The molecule has 0 radical (unpaired) electrons. The lowest BCUT2D eigenvalue weighted by molar-refractivity contribution is 0.545. The fraction of sp³-hybridized carbons (Fsp3) is 0.429. The number of rotatable bonds is 2. The standard InChI is InChI=1S/C14H17F/c1-5-6-11(3)12(4)13-8-7-10(2)9-14(13)15/h7-9,11-12H,1-4H3. The molecule has 15 heavy (non-hydrogen) atoms. The Morgan fingerprint density at radius 3 is 2.47 bits per heavy atom. The summed E-state index contributed by atoms with van der Waals surface area (Å²) in [6.45, 7) is 7.75. The first kappa shape index (κ1) is 11.8. The predicted molar refractivity (Wildman–Crippen MR) is 62.2 cm³/mol. The van der Waals surface area contributed by atoms with Crippen LogP contribution in [0.1, 0.15) is 37.8 Å². The van der Waals surface area contributed by atoms with Gasteiger partial charge in [0.15, 0.2) is 0 Å². The van der Waals surface area contributed by atoms with Crippen molar-refractivity contribution in [2.75, 3.05) is 0 Å². The van der Waals surface area contributed by atoms with E-state index in [-0.39, 0.29) is 17.7 Å². The van der Waals surface area contributed by atoms with Crippen molar-refractivity contribution in [2.45, 2.75) is 33.6 Å². The normalized spacial score (nSPS) is 13.9. The summed E-state index contributed by atoms with van der Waals surface area (Å²) < 4.78 is 13.7. The van der Waals surface area contributed by atoms with Crippen LogP contribution in [0.5, 0.6) is 0 Å². The van der Waals surface area contributed by atoms with Gasteiger partial charge in [0, 0.05) is 5.92 Å². The maximum Gasteiger partial charge on any atom is 0.126 e. The Morgan fingerprint density at radius 1 is 1.27 bits per heavy atom. The van der Waals surface area contributed by atoms with Gasteiger partial charge < -0.3 is 0 Å². The molecule has 0 heterocycles. The van der Waals surface area contributed by atoms with E-state index in [2.05, 4.69) is 11.8 Å². The Balaban J connectivity index is 2.99. The molecule has 0 saturated carbocycles. The second kappa shape index (κ2) is 4.98. The topological polar surface area (TPSA) is 0 Å². The van der Waals surface area contributed by atoms with Crippen LogP contribution in [-0.2, 0) is 0 Å². The highest BCUT2D eigenvalue weighted by molar-refractivity contribution is 5.28. The first-order chi connectivity index (χ1) is 7.06. The molecule has 0 bridgehead atoms. The molecule has 0 nitrogen and oxygen atoms in total. The third-order valence-corrected chi connectivity index (χ3v) is 2.77. The highest BCUT2D eigenvalue weighted by Gasteiger charge is 2.15. The number of halogens is 1. The average Bonchev–Trinajstić information content (AvgIpc) is 2.17. The molecule has 0 saturated heterocycles.